The lowest BCUT2D eigenvalue weighted by Gasteiger charge is -2.34. The number of amides is 1. The van der Waals surface area contributed by atoms with Crippen molar-refractivity contribution in [2.75, 3.05) is 12.3 Å². The van der Waals surface area contributed by atoms with Gasteiger partial charge in [-0.3, -0.25) is 4.79 Å². The summed E-state index contributed by atoms with van der Waals surface area (Å²) >= 11 is 2.02. The molecule has 4 heteroatoms. The Hall–Kier alpha value is -0.220. The highest BCUT2D eigenvalue weighted by Gasteiger charge is 2.30. The van der Waals surface area contributed by atoms with Gasteiger partial charge in [-0.25, -0.2) is 0 Å². The monoisotopic (exact) mass is 284 g/mol. The van der Waals surface area contributed by atoms with Crippen LogP contribution in [-0.4, -0.2) is 35.5 Å². The summed E-state index contributed by atoms with van der Waals surface area (Å²) in [5.74, 6) is 1.69. The molecule has 2 N–H and O–H groups in total. The fourth-order valence-electron chi connectivity index (χ4n) is 3.35. The Kier molecular flexibility index (Phi) is 6.02. The SMILES string of the molecule is CCSC1CCCCC1NC(=O)[C@H]1CCN[C@@H](C)C1. The van der Waals surface area contributed by atoms with Crippen LogP contribution < -0.4 is 10.6 Å². The Morgan fingerprint density at radius 1 is 1.32 bits per heavy atom. The van der Waals surface area contributed by atoms with Crippen molar-refractivity contribution >= 4 is 17.7 Å². The van der Waals surface area contributed by atoms with E-state index in [1.54, 1.807) is 0 Å². The van der Waals surface area contributed by atoms with E-state index in [1.807, 2.05) is 11.8 Å². The van der Waals surface area contributed by atoms with Gasteiger partial charge in [0.05, 0.1) is 0 Å². The first-order valence-electron chi connectivity index (χ1n) is 7.86. The Bertz CT molecular complexity index is 296. The van der Waals surface area contributed by atoms with E-state index in [4.69, 9.17) is 0 Å². The second kappa shape index (κ2) is 7.53. The van der Waals surface area contributed by atoms with Crippen LogP contribution in [0, 0.1) is 5.92 Å². The maximum absolute atomic E-state index is 12.4. The zero-order chi connectivity index (χ0) is 13.7. The summed E-state index contributed by atoms with van der Waals surface area (Å²) in [6.45, 7) is 5.37. The molecular formula is C15H28N2OS. The average molecular weight is 284 g/mol. The molecule has 1 aliphatic heterocycles. The second-order valence-electron chi connectivity index (χ2n) is 5.97. The van der Waals surface area contributed by atoms with E-state index in [1.165, 1.54) is 25.7 Å². The van der Waals surface area contributed by atoms with Gasteiger partial charge in [0.25, 0.3) is 0 Å². The van der Waals surface area contributed by atoms with Crippen molar-refractivity contribution in [2.45, 2.75) is 69.7 Å². The standard InChI is InChI=1S/C15H28N2OS/c1-3-19-14-7-5-4-6-13(14)17-15(18)12-8-9-16-11(2)10-12/h11-14,16H,3-10H2,1-2H3,(H,17,18)/t11-,12-,13?,14?/m0/s1. The third kappa shape index (κ3) is 4.38. The minimum atomic E-state index is 0.227. The molecule has 1 saturated carbocycles. The van der Waals surface area contributed by atoms with E-state index in [2.05, 4.69) is 24.5 Å². The number of piperidine rings is 1. The molecule has 110 valence electrons. The van der Waals surface area contributed by atoms with Gasteiger partial charge in [-0.2, -0.15) is 11.8 Å². The van der Waals surface area contributed by atoms with Gasteiger partial charge in [-0.15, -0.1) is 0 Å². The number of rotatable bonds is 4. The predicted molar refractivity (Wildman–Crippen MR) is 82.5 cm³/mol. The lowest BCUT2D eigenvalue weighted by molar-refractivity contribution is -0.127. The van der Waals surface area contributed by atoms with Crippen molar-refractivity contribution in [1.29, 1.82) is 0 Å². The molecule has 2 rings (SSSR count). The van der Waals surface area contributed by atoms with E-state index in [0.29, 0.717) is 23.2 Å². The highest BCUT2D eigenvalue weighted by molar-refractivity contribution is 7.99. The quantitative estimate of drug-likeness (QED) is 0.833. The number of nitrogens with one attached hydrogen (secondary N) is 2. The average Bonchev–Trinajstić information content (AvgIpc) is 2.41. The zero-order valence-corrected chi connectivity index (χ0v) is 13.1. The van der Waals surface area contributed by atoms with Crippen LogP contribution in [0.15, 0.2) is 0 Å². The molecule has 2 aliphatic rings. The number of carbonyl (C=O) groups excluding carboxylic acids is 1. The molecule has 19 heavy (non-hydrogen) atoms. The maximum atomic E-state index is 12.4. The second-order valence-corrected chi connectivity index (χ2v) is 7.49. The molecule has 0 bridgehead atoms. The summed E-state index contributed by atoms with van der Waals surface area (Å²) in [5.41, 5.74) is 0. The summed E-state index contributed by atoms with van der Waals surface area (Å²) in [5, 5.41) is 7.41. The summed E-state index contributed by atoms with van der Waals surface area (Å²) in [6, 6.07) is 0.896. The highest BCUT2D eigenvalue weighted by atomic mass is 32.2. The van der Waals surface area contributed by atoms with Crippen molar-refractivity contribution in [3.8, 4) is 0 Å². The highest BCUT2D eigenvalue weighted by Crippen LogP contribution is 2.29. The van der Waals surface area contributed by atoms with Gasteiger partial charge in [0.15, 0.2) is 0 Å². The van der Waals surface area contributed by atoms with Crippen LogP contribution in [0.2, 0.25) is 0 Å². The van der Waals surface area contributed by atoms with Crippen LogP contribution in [-0.2, 0) is 4.79 Å². The third-order valence-electron chi connectivity index (χ3n) is 4.41. The molecule has 3 nitrogen and oxygen atoms in total. The van der Waals surface area contributed by atoms with Crippen LogP contribution in [0.4, 0.5) is 0 Å². The predicted octanol–water partition coefficient (Wildman–Crippen LogP) is 2.56. The van der Waals surface area contributed by atoms with Gasteiger partial charge in [0.2, 0.25) is 5.91 Å². The third-order valence-corrected chi connectivity index (χ3v) is 5.73. The Morgan fingerprint density at radius 2 is 2.11 bits per heavy atom. The smallest absolute Gasteiger partial charge is 0.223 e. The van der Waals surface area contributed by atoms with E-state index in [9.17, 15) is 4.79 Å². The number of hydrogen-bond acceptors (Lipinski definition) is 3. The lowest BCUT2D eigenvalue weighted by Crippen LogP contribution is -2.49. The zero-order valence-electron chi connectivity index (χ0n) is 12.3. The van der Waals surface area contributed by atoms with Crippen molar-refractivity contribution < 1.29 is 4.79 Å². The molecule has 1 aliphatic carbocycles. The molecule has 2 fully saturated rings. The molecule has 0 radical (unpaired) electrons. The van der Waals surface area contributed by atoms with E-state index >= 15 is 0 Å². The van der Waals surface area contributed by atoms with Crippen LogP contribution in [0.1, 0.15) is 52.4 Å². The molecule has 0 spiro atoms. The molecular weight excluding hydrogens is 256 g/mol. The molecule has 1 saturated heterocycles. The first-order valence-corrected chi connectivity index (χ1v) is 8.91. The van der Waals surface area contributed by atoms with E-state index in [0.717, 1.165) is 25.1 Å². The molecule has 1 amide bonds. The Labute approximate surface area is 121 Å². The molecule has 0 aromatic heterocycles. The van der Waals surface area contributed by atoms with Gasteiger partial charge in [-0.05, 0) is 44.9 Å². The summed E-state index contributed by atoms with van der Waals surface area (Å²) in [4.78, 5) is 12.4. The van der Waals surface area contributed by atoms with Crippen LogP contribution in [0.5, 0.6) is 0 Å². The first kappa shape index (κ1) is 15.2. The van der Waals surface area contributed by atoms with Gasteiger partial charge in [0.1, 0.15) is 0 Å². The number of carbonyl (C=O) groups is 1. The normalized spacial score (nSPS) is 35.9. The van der Waals surface area contributed by atoms with Crippen molar-refractivity contribution in [3.63, 3.8) is 0 Å². The Morgan fingerprint density at radius 3 is 2.84 bits per heavy atom. The van der Waals surface area contributed by atoms with E-state index < -0.39 is 0 Å². The van der Waals surface area contributed by atoms with Crippen molar-refractivity contribution in [3.05, 3.63) is 0 Å². The van der Waals surface area contributed by atoms with Crippen LogP contribution in [0.25, 0.3) is 0 Å². The summed E-state index contributed by atoms with van der Waals surface area (Å²) in [7, 11) is 0. The fourth-order valence-corrected chi connectivity index (χ4v) is 4.54. The van der Waals surface area contributed by atoms with Crippen molar-refractivity contribution in [2.24, 2.45) is 5.92 Å². The van der Waals surface area contributed by atoms with E-state index in [-0.39, 0.29) is 5.92 Å². The number of thioether (sulfide) groups is 1. The van der Waals surface area contributed by atoms with Gasteiger partial charge >= 0.3 is 0 Å². The lowest BCUT2D eigenvalue weighted by atomic mass is 9.90. The molecule has 1 heterocycles. The minimum absolute atomic E-state index is 0.227. The minimum Gasteiger partial charge on any atom is -0.352 e. The molecule has 2 unspecified atom stereocenters. The largest absolute Gasteiger partial charge is 0.352 e. The summed E-state index contributed by atoms with van der Waals surface area (Å²) < 4.78 is 0. The molecule has 4 atom stereocenters. The van der Waals surface area contributed by atoms with Crippen molar-refractivity contribution in [1.82, 2.24) is 10.6 Å². The van der Waals surface area contributed by atoms with Gasteiger partial charge in [0, 0.05) is 23.3 Å². The molecule has 0 aromatic carbocycles. The van der Waals surface area contributed by atoms with Crippen LogP contribution in [0.3, 0.4) is 0 Å². The maximum Gasteiger partial charge on any atom is 0.223 e. The Balaban J connectivity index is 1.85. The summed E-state index contributed by atoms with van der Waals surface area (Å²) in [6.07, 6.45) is 7.03. The topological polar surface area (TPSA) is 41.1 Å². The first-order chi connectivity index (χ1) is 9.20. The number of hydrogen-bond donors (Lipinski definition) is 2. The fraction of sp³-hybridized carbons (Fsp3) is 0.933. The molecule has 0 aromatic rings. The van der Waals surface area contributed by atoms with Crippen LogP contribution >= 0.6 is 11.8 Å². The van der Waals surface area contributed by atoms with Gasteiger partial charge in [-0.1, -0.05) is 19.8 Å². The van der Waals surface area contributed by atoms with Gasteiger partial charge < -0.3 is 10.6 Å².